The summed E-state index contributed by atoms with van der Waals surface area (Å²) in [7, 11) is 0. The van der Waals surface area contributed by atoms with Crippen molar-refractivity contribution in [2.45, 2.75) is 12.8 Å². The van der Waals surface area contributed by atoms with E-state index in [0.717, 1.165) is 62.6 Å². The standard InChI is InChI=1S/C39H25N3OS/c1-3-11-24(12-4-1)27-21-22-31(35-30-16-7-9-17-32(30)43-36(27)35)39-41-37(25-13-5-2-6-14-25)40-38(42-39)26-19-20-29-28-15-8-10-18-33(28)44-34(29)23-26/h1-7,9-14,16-23H,8,15H2. The molecule has 0 bridgehead atoms. The third kappa shape index (κ3) is 4.08. The van der Waals surface area contributed by atoms with Crippen LogP contribution in [0.3, 0.4) is 0 Å². The highest BCUT2D eigenvalue weighted by Gasteiger charge is 2.21. The van der Waals surface area contributed by atoms with Gasteiger partial charge in [-0.1, -0.05) is 97.1 Å². The van der Waals surface area contributed by atoms with E-state index in [0.29, 0.717) is 17.5 Å². The van der Waals surface area contributed by atoms with Gasteiger partial charge in [0, 0.05) is 42.6 Å². The van der Waals surface area contributed by atoms with E-state index in [1.807, 2.05) is 59.9 Å². The summed E-state index contributed by atoms with van der Waals surface area (Å²) in [5.74, 6) is 1.93. The van der Waals surface area contributed by atoms with Crippen molar-refractivity contribution >= 4 is 49.4 Å². The predicted molar refractivity (Wildman–Crippen MR) is 182 cm³/mol. The number of thiophene rings is 1. The fraction of sp³-hybridized carbons (Fsp3) is 0.0513. The molecule has 4 nitrogen and oxygen atoms in total. The third-order valence-corrected chi connectivity index (χ3v) is 9.59. The molecule has 0 atom stereocenters. The minimum Gasteiger partial charge on any atom is -0.455 e. The molecule has 208 valence electrons. The molecule has 0 aliphatic heterocycles. The highest BCUT2D eigenvalue weighted by atomic mass is 32.1. The Kier molecular flexibility index (Phi) is 5.78. The Hall–Kier alpha value is -5.39. The molecule has 1 aliphatic carbocycles. The molecule has 0 saturated heterocycles. The van der Waals surface area contributed by atoms with Crippen LogP contribution in [0.2, 0.25) is 0 Å². The Balaban J connectivity index is 1.30. The molecule has 44 heavy (non-hydrogen) atoms. The van der Waals surface area contributed by atoms with Crippen LogP contribution in [-0.2, 0) is 6.42 Å². The Morgan fingerprint density at radius 2 is 1.30 bits per heavy atom. The fourth-order valence-electron chi connectivity index (χ4n) is 6.32. The zero-order valence-electron chi connectivity index (χ0n) is 23.7. The molecule has 9 rings (SSSR count). The van der Waals surface area contributed by atoms with Crippen molar-refractivity contribution in [2.75, 3.05) is 0 Å². The van der Waals surface area contributed by atoms with Crippen molar-refractivity contribution in [3.05, 3.63) is 132 Å². The molecule has 5 heteroatoms. The van der Waals surface area contributed by atoms with Crippen LogP contribution >= 0.6 is 11.3 Å². The summed E-state index contributed by atoms with van der Waals surface area (Å²) in [6, 6.07) is 39.6. The molecule has 5 aromatic carbocycles. The normalized spacial score (nSPS) is 12.7. The maximum absolute atomic E-state index is 6.54. The second-order valence-electron chi connectivity index (χ2n) is 11.1. The van der Waals surface area contributed by atoms with Crippen LogP contribution in [-0.4, -0.2) is 15.0 Å². The van der Waals surface area contributed by atoms with Crippen LogP contribution in [0.1, 0.15) is 16.9 Å². The highest BCUT2D eigenvalue weighted by Crippen LogP contribution is 2.42. The van der Waals surface area contributed by atoms with Gasteiger partial charge in [-0.2, -0.15) is 0 Å². The van der Waals surface area contributed by atoms with E-state index in [-0.39, 0.29) is 0 Å². The number of hydrogen-bond acceptors (Lipinski definition) is 5. The molecule has 3 aromatic heterocycles. The van der Waals surface area contributed by atoms with Crippen molar-refractivity contribution in [1.29, 1.82) is 0 Å². The summed E-state index contributed by atoms with van der Waals surface area (Å²) < 4.78 is 7.80. The number of aromatic nitrogens is 3. The van der Waals surface area contributed by atoms with E-state index in [2.05, 4.69) is 78.9 Å². The van der Waals surface area contributed by atoms with E-state index < -0.39 is 0 Å². The lowest BCUT2D eigenvalue weighted by Crippen LogP contribution is -2.00. The topological polar surface area (TPSA) is 51.8 Å². The average molecular weight is 584 g/mol. The molecule has 0 fully saturated rings. The zero-order valence-corrected chi connectivity index (χ0v) is 24.5. The van der Waals surface area contributed by atoms with Crippen LogP contribution < -0.4 is 0 Å². The number of fused-ring (bicyclic) bond motifs is 6. The Bertz CT molecular complexity index is 2390. The molecule has 0 saturated carbocycles. The minimum atomic E-state index is 0.624. The van der Waals surface area contributed by atoms with Crippen molar-refractivity contribution in [3.63, 3.8) is 0 Å². The molecule has 0 spiro atoms. The monoisotopic (exact) mass is 583 g/mol. The van der Waals surface area contributed by atoms with Gasteiger partial charge in [0.2, 0.25) is 0 Å². The van der Waals surface area contributed by atoms with Gasteiger partial charge in [0.25, 0.3) is 0 Å². The van der Waals surface area contributed by atoms with Crippen LogP contribution in [0.4, 0.5) is 0 Å². The van der Waals surface area contributed by atoms with E-state index >= 15 is 0 Å². The second kappa shape index (κ2) is 10.1. The van der Waals surface area contributed by atoms with E-state index in [9.17, 15) is 0 Å². The largest absolute Gasteiger partial charge is 0.455 e. The van der Waals surface area contributed by atoms with Gasteiger partial charge in [-0.25, -0.2) is 15.0 Å². The van der Waals surface area contributed by atoms with Crippen molar-refractivity contribution in [2.24, 2.45) is 0 Å². The Morgan fingerprint density at radius 3 is 2.14 bits per heavy atom. The first kappa shape index (κ1) is 25.1. The van der Waals surface area contributed by atoms with Crippen molar-refractivity contribution < 1.29 is 4.42 Å². The predicted octanol–water partition coefficient (Wildman–Crippen LogP) is 10.6. The van der Waals surface area contributed by atoms with E-state index in [4.69, 9.17) is 19.4 Å². The van der Waals surface area contributed by atoms with Gasteiger partial charge in [-0.15, -0.1) is 11.3 Å². The number of hydrogen-bond donors (Lipinski definition) is 0. The summed E-state index contributed by atoms with van der Waals surface area (Å²) in [6.45, 7) is 0. The number of allylic oxidation sites excluding steroid dienone is 1. The quantitative estimate of drug-likeness (QED) is 0.207. The first-order chi connectivity index (χ1) is 21.8. The maximum Gasteiger partial charge on any atom is 0.164 e. The fourth-order valence-corrected chi connectivity index (χ4v) is 7.54. The minimum absolute atomic E-state index is 0.624. The highest BCUT2D eigenvalue weighted by molar-refractivity contribution is 7.20. The van der Waals surface area contributed by atoms with Gasteiger partial charge in [0.15, 0.2) is 17.5 Å². The first-order valence-electron chi connectivity index (χ1n) is 14.8. The van der Waals surface area contributed by atoms with E-state index in [1.165, 1.54) is 20.5 Å². The maximum atomic E-state index is 6.54. The number of rotatable bonds is 4. The second-order valence-corrected chi connectivity index (χ2v) is 12.2. The van der Waals surface area contributed by atoms with Crippen molar-refractivity contribution in [3.8, 4) is 45.3 Å². The van der Waals surface area contributed by atoms with Gasteiger partial charge in [-0.05, 0) is 59.7 Å². The summed E-state index contributed by atoms with van der Waals surface area (Å²) in [5, 5.41) is 3.38. The van der Waals surface area contributed by atoms with Crippen LogP contribution in [0, 0.1) is 0 Å². The summed E-state index contributed by atoms with van der Waals surface area (Å²) >= 11 is 1.84. The molecule has 0 amide bonds. The molecule has 0 unspecified atom stereocenters. The summed E-state index contributed by atoms with van der Waals surface area (Å²) in [6.07, 6.45) is 6.72. The van der Waals surface area contributed by atoms with Crippen molar-refractivity contribution in [1.82, 2.24) is 15.0 Å². The molecule has 0 radical (unpaired) electrons. The molecule has 8 aromatic rings. The molecule has 1 aliphatic rings. The van der Waals surface area contributed by atoms with Crippen LogP contribution in [0.5, 0.6) is 0 Å². The Morgan fingerprint density at radius 1 is 0.591 bits per heavy atom. The number of benzene rings is 5. The average Bonchev–Trinajstić information content (AvgIpc) is 3.67. The van der Waals surface area contributed by atoms with Gasteiger partial charge >= 0.3 is 0 Å². The molecular weight excluding hydrogens is 559 g/mol. The summed E-state index contributed by atoms with van der Waals surface area (Å²) in [5.41, 5.74) is 8.11. The number of nitrogens with zero attached hydrogens (tertiary/aromatic N) is 3. The third-order valence-electron chi connectivity index (χ3n) is 8.43. The van der Waals surface area contributed by atoms with Gasteiger partial charge < -0.3 is 4.42 Å². The van der Waals surface area contributed by atoms with Crippen LogP contribution in [0.25, 0.3) is 83.4 Å². The number of para-hydroxylation sites is 1. The lowest BCUT2D eigenvalue weighted by molar-refractivity contribution is 0.670. The molecule has 0 N–H and O–H groups in total. The van der Waals surface area contributed by atoms with Gasteiger partial charge in [0.05, 0.1) is 0 Å². The smallest absolute Gasteiger partial charge is 0.164 e. The number of aryl methyl sites for hydroxylation is 1. The summed E-state index contributed by atoms with van der Waals surface area (Å²) in [4.78, 5) is 16.6. The zero-order chi connectivity index (χ0) is 29.0. The van der Waals surface area contributed by atoms with Gasteiger partial charge in [0.1, 0.15) is 11.2 Å². The van der Waals surface area contributed by atoms with E-state index in [1.54, 1.807) is 0 Å². The lowest BCUT2D eigenvalue weighted by Gasteiger charge is -2.11. The SMILES string of the molecule is C1=Cc2sc3cc(-c4nc(-c5ccccc5)nc(-c5ccc(-c6ccccc6)c6oc7ccccc7c56)n4)ccc3c2CC1. The van der Waals surface area contributed by atoms with Crippen LogP contribution in [0.15, 0.2) is 126 Å². The lowest BCUT2D eigenvalue weighted by atomic mass is 9.98. The first-order valence-corrected chi connectivity index (χ1v) is 15.7. The Labute approximate surface area is 258 Å². The molecular formula is C39H25N3OS. The van der Waals surface area contributed by atoms with Gasteiger partial charge in [-0.3, -0.25) is 0 Å². The molecule has 3 heterocycles. The number of furan rings is 1.